The van der Waals surface area contributed by atoms with Gasteiger partial charge in [0.05, 0.1) is 16.7 Å². The first-order chi connectivity index (χ1) is 10.0. The van der Waals surface area contributed by atoms with Gasteiger partial charge in [-0.3, -0.25) is 5.10 Å². The molecule has 3 rings (SSSR count). The molecule has 1 fully saturated rings. The molecule has 0 spiro atoms. The number of nitrogens with zero attached hydrogens (tertiary/aromatic N) is 1. The van der Waals surface area contributed by atoms with E-state index in [1.807, 2.05) is 32.8 Å². The Kier molecular flexibility index (Phi) is 3.13. The standard InChI is InChI=1S/C14H16BF3N2O2/c1-12(2)13(3,4)22-15(21-12)8-5-6-10-9(7-8)11(20-19-10)14(16,17)18/h5-7H,1-4H3,(H,19,20). The Morgan fingerprint density at radius 1 is 1.09 bits per heavy atom. The Morgan fingerprint density at radius 2 is 1.68 bits per heavy atom. The third-order valence-corrected chi connectivity index (χ3v) is 4.39. The molecule has 0 unspecified atom stereocenters. The van der Waals surface area contributed by atoms with E-state index in [1.165, 1.54) is 12.1 Å². The van der Waals surface area contributed by atoms with E-state index in [9.17, 15) is 13.2 Å². The van der Waals surface area contributed by atoms with E-state index < -0.39 is 30.2 Å². The Balaban J connectivity index is 2.03. The minimum Gasteiger partial charge on any atom is -0.399 e. The molecule has 8 heteroatoms. The summed E-state index contributed by atoms with van der Waals surface area (Å²) in [5.41, 5.74) is -1.15. The molecule has 1 aromatic heterocycles. The first kappa shape index (κ1) is 15.4. The van der Waals surface area contributed by atoms with E-state index in [-0.39, 0.29) is 10.9 Å². The lowest BCUT2D eigenvalue weighted by Crippen LogP contribution is -2.41. The predicted molar refractivity (Wildman–Crippen MR) is 76.8 cm³/mol. The summed E-state index contributed by atoms with van der Waals surface area (Å²) < 4.78 is 50.7. The second-order valence-corrected chi connectivity index (χ2v) is 6.46. The van der Waals surface area contributed by atoms with E-state index in [0.717, 1.165) is 0 Å². The average Bonchev–Trinajstić information content (AvgIpc) is 2.87. The number of hydrogen-bond donors (Lipinski definition) is 1. The third kappa shape index (κ3) is 2.30. The Hall–Kier alpha value is -1.54. The summed E-state index contributed by atoms with van der Waals surface area (Å²) in [5, 5.41) is 5.74. The highest BCUT2D eigenvalue weighted by Crippen LogP contribution is 2.37. The maximum Gasteiger partial charge on any atom is 0.494 e. The lowest BCUT2D eigenvalue weighted by Gasteiger charge is -2.32. The van der Waals surface area contributed by atoms with Crippen LogP contribution in [0.1, 0.15) is 33.4 Å². The fraction of sp³-hybridized carbons (Fsp3) is 0.500. The maximum atomic E-state index is 13.0. The molecular formula is C14H16BF3N2O2. The van der Waals surface area contributed by atoms with Crippen LogP contribution in [0.25, 0.3) is 10.9 Å². The second-order valence-electron chi connectivity index (χ2n) is 6.46. The minimum atomic E-state index is -4.48. The highest BCUT2D eigenvalue weighted by molar-refractivity contribution is 6.62. The molecule has 0 bridgehead atoms. The lowest BCUT2D eigenvalue weighted by molar-refractivity contribution is -0.139. The third-order valence-electron chi connectivity index (χ3n) is 4.39. The van der Waals surface area contributed by atoms with Gasteiger partial charge in [0, 0.05) is 5.39 Å². The molecule has 22 heavy (non-hydrogen) atoms. The number of fused-ring (bicyclic) bond motifs is 1. The van der Waals surface area contributed by atoms with Crippen molar-refractivity contribution < 1.29 is 22.5 Å². The minimum absolute atomic E-state index is 0.0136. The fourth-order valence-corrected chi connectivity index (χ4v) is 2.37. The highest BCUT2D eigenvalue weighted by Gasteiger charge is 2.51. The number of rotatable bonds is 1. The van der Waals surface area contributed by atoms with Gasteiger partial charge in [-0.1, -0.05) is 12.1 Å². The molecule has 0 atom stereocenters. The molecule has 118 valence electrons. The van der Waals surface area contributed by atoms with Crippen molar-refractivity contribution in [3.63, 3.8) is 0 Å². The molecule has 4 nitrogen and oxygen atoms in total. The van der Waals surface area contributed by atoms with Crippen LogP contribution < -0.4 is 5.46 Å². The summed E-state index contributed by atoms with van der Waals surface area (Å²) in [6, 6.07) is 4.62. The molecule has 1 aliphatic heterocycles. The van der Waals surface area contributed by atoms with Crippen LogP contribution in [0.3, 0.4) is 0 Å². The number of aromatic nitrogens is 2. The van der Waals surface area contributed by atoms with Gasteiger partial charge in [-0.2, -0.15) is 18.3 Å². The fourth-order valence-electron chi connectivity index (χ4n) is 2.37. The number of aromatic amines is 1. The largest absolute Gasteiger partial charge is 0.494 e. The zero-order chi connectivity index (χ0) is 16.3. The van der Waals surface area contributed by atoms with E-state index in [1.54, 1.807) is 6.07 Å². The van der Waals surface area contributed by atoms with Crippen molar-refractivity contribution in [1.82, 2.24) is 10.2 Å². The topological polar surface area (TPSA) is 47.1 Å². The van der Waals surface area contributed by atoms with Crippen LogP contribution in [0.15, 0.2) is 18.2 Å². The molecule has 0 amide bonds. The number of halogens is 3. The summed E-state index contributed by atoms with van der Waals surface area (Å²) in [4.78, 5) is 0. The Labute approximate surface area is 126 Å². The van der Waals surface area contributed by atoms with Crippen LogP contribution in [0, 0.1) is 0 Å². The maximum absolute atomic E-state index is 13.0. The van der Waals surface area contributed by atoms with E-state index in [2.05, 4.69) is 5.10 Å². The highest BCUT2D eigenvalue weighted by atomic mass is 19.4. The molecule has 2 aromatic rings. The van der Waals surface area contributed by atoms with Crippen molar-refractivity contribution in [2.45, 2.75) is 45.1 Å². The zero-order valence-corrected chi connectivity index (χ0v) is 12.7. The smallest absolute Gasteiger partial charge is 0.399 e. The summed E-state index contributed by atoms with van der Waals surface area (Å²) in [6.45, 7) is 7.57. The quantitative estimate of drug-likeness (QED) is 0.824. The molecule has 1 aromatic carbocycles. The van der Waals surface area contributed by atoms with Crippen LogP contribution in [0.4, 0.5) is 13.2 Å². The van der Waals surface area contributed by atoms with E-state index in [4.69, 9.17) is 9.31 Å². The Bertz CT molecular complexity index is 708. The predicted octanol–water partition coefficient (Wildman–Crippen LogP) is 2.88. The molecule has 0 saturated carbocycles. The Morgan fingerprint density at radius 3 is 2.23 bits per heavy atom. The van der Waals surface area contributed by atoms with Gasteiger partial charge in [0.25, 0.3) is 0 Å². The summed E-state index contributed by atoms with van der Waals surface area (Å²) in [6.07, 6.45) is -4.48. The van der Waals surface area contributed by atoms with Gasteiger partial charge in [0.1, 0.15) is 5.69 Å². The molecule has 1 aliphatic rings. The van der Waals surface area contributed by atoms with Gasteiger partial charge in [0.2, 0.25) is 0 Å². The number of alkyl halides is 3. The van der Waals surface area contributed by atoms with Crippen LogP contribution in [0.2, 0.25) is 0 Å². The van der Waals surface area contributed by atoms with Gasteiger partial charge in [-0.15, -0.1) is 0 Å². The number of hydrogen-bond acceptors (Lipinski definition) is 3. The van der Waals surface area contributed by atoms with Crippen LogP contribution in [-0.4, -0.2) is 28.5 Å². The van der Waals surface area contributed by atoms with Gasteiger partial charge in [-0.25, -0.2) is 0 Å². The van der Waals surface area contributed by atoms with Crippen molar-refractivity contribution in [1.29, 1.82) is 0 Å². The molecule has 0 aliphatic carbocycles. The van der Waals surface area contributed by atoms with Gasteiger partial charge in [-0.05, 0) is 39.2 Å². The van der Waals surface area contributed by atoms with Crippen LogP contribution in [-0.2, 0) is 15.5 Å². The molecule has 2 heterocycles. The van der Waals surface area contributed by atoms with Crippen molar-refractivity contribution in [3.8, 4) is 0 Å². The summed E-state index contributed by atoms with van der Waals surface area (Å²) in [5.74, 6) is 0. The normalized spacial score (nSPS) is 20.8. The summed E-state index contributed by atoms with van der Waals surface area (Å²) >= 11 is 0. The first-order valence-corrected chi connectivity index (χ1v) is 6.92. The SMILES string of the molecule is CC1(C)OB(c2ccc3n[nH]c(C(F)(F)F)c3c2)OC1(C)C. The summed E-state index contributed by atoms with van der Waals surface area (Å²) in [7, 11) is -0.703. The zero-order valence-electron chi connectivity index (χ0n) is 12.7. The second kappa shape index (κ2) is 4.49. The van der Waals surface area contributed by atoms with Gasteiger partial charge >= 0.3 is 13.3 Å². The average molecular weight is 312 g/mol. The van der Waals surface area contributed by atoms with E-state index >= 15 is 0 Å². The monoisotopic (exact) mass is 312 g/mol. The van der Waals surface area contributed by atoms with E-state index in [0.29, 0.717) is 5.46 Å². The van der Waals surface area contributed by atoms with Crippen molar-refractivity contribution in [3.05, 3.63) is 23.9 Å². The van der Waals surface area contributed by atoms with Crippen molar-refractivity contribution >= 4 is 23.5 Å². The van der Waals surface area contributed by atoms with Crippen molar-refractivity contribution in [2.24, 2.45) is 0 Å². The first-order valence-electron chi connectivity index (χ1n) is 6.92. The number of H-pyrrole nitrogens is 1. The van der Waals surface area contributed by atoms with Gasteiger partial charge < -0.3 is 9.31 Å². The molecule has 1 N–H and O–H groups in total. The lowest BCUT2D eigenvalue weighted by atomic mass is 9.78. The van der Waals surface area contributed by atoms with Gasteiger partial charge in [0.15, 0.2) is 0 Å². The van der Waals surface area contributed by atoms with Crippen molar-refractivity contribution in [2.75, 3.05) is 0 Å². The molecular weight excluding hydrogens is 296 g/mol. The number of nitrogens with one attached hydrogen (secondary N) is 1. The molecule has 1 saturated heterocycles. The van der Waals surface area contributed by atoms with Crippen LogP contribution >= 0.6 is 0 Å². The van der Waals surface area contributed by atoms with Crippen LogP contribution in [0.5, 0.6) is 0 Å². The number of benzene rings is 1. The molecule has 0 radical (unpaired) electrons.